The molecule has 1 aliphatic heterocycles. The van der Waals surface area contributed by atoms with Crippen LogP contribution in [0.5, 0.6) is 0 Å². The number of amides is 1. The molecule has 0 bridgehead atoms. The number of carbonyl (C=O) groups excluding carboxylic acids is 1. The Bertz CT molecular complexity index is 769. The first-order chi connectivity index (χ1) is 13.6. The number of rotatable bonds is 8. The van der Waals surface area contributed by atoms with E-state index in [0.29, 0.717) is 31.4 Å². The number of carbonyl (C=O) groups is 1. The number of hydrogen-bond acceptors (Lipinski definition) is 6. The zero-order valence-electron chi connectivity index (χ0n) is 16.6. The summed E-state index contributed by atoms with van der Waals surface area (Å²) in [6.45, 7) is 10.9. The molecule has 0 spiro atoms. The van der Waals surface area contributed by atoms with E-state index in [9.17, 15) is 4.79 Å². The van der Waals surface area contributed by atoms with Gasteiger partial charge in [-0.2, -0.15) is 4.98 Å². The Balaban J connectivity index is 1.52. The Hall–Kier alpha value is -2.51. The summed E-state index contributed by atoms with van der Waals surface area (Å²) in [4.78, 5) is 21.2. The molecular formula is C21H28N4O3. The normalized spacial score (nSPS) is 17.3. The molecule has 1 aromatic carbocycles. The Morgan fingerprint density at radius 1 is 1.25 bits per heavy atom. The van der Waals surface area contributed by atoms with Crippen molar-refractivity contribution in [3.63, 3.8) is 0 Å². The van der Waals surface area contributed by atoms with Gasteiger partial charge in [0.2, 0.25) is 11.7 Å². The van der Waals surface area contributed by atoms with E-state index in [4.69, 9.17) is 9.26 Å². The molecule has 0 saturated carbocycles. The molecule has 1 saturated heterocycles. The molecule has 1 amide bonds. The number of hydrogen-bond donors (Lipinski definition) is 0. The molecular weight excluding hydrogens is 356 g/mol. The maximum atomic E-state index is 12.5. The van der Waals surface area contributed by atoms with Crippen molar-refractivity contribution < 1.29 is 14.1 Å². The first kappa shape index (κ1) is 20.2. The molecule has 0 aliphatic carbocycles. The number of ether oxygens (including phenoxy) is 1. The van der Waals surface area contributed by atoms with Crippen LogP contribution in [0.3, 0.4) is 0 Å². The average molecular weight is 384 g/mol. The van der Waals surface area contributed by atoms with Gasteiger partial charge in [0.15, 0.2) is 0 Å². The summed E-state index contributed by atoms with van der Waals surface area (Å²) in [5.74, 6) is 1.24. The second-order valence-electron chi connectivity index (χ2n) is 6.95. The quantitative estimate of drug-likeness (QED) is 0.515. The van der Waals surface area contributed by atoms with Gasteiger partial charge in [0.05, 0.1) is 12.6 Å². The number of benzene rings is 1. The van der Waals surface area contributed by atoms with Gasteiger partial charge in [-0.15, -0.1) is 6.58 Å². The topological polar surface area (TPSA) is 71.7 Å². The summed E-state index contributed by atoms with van der Waals surface area (Å²) in [6.07, 6.45) is 2.11. The fraction of sp³-hybridized carbons (Fsp3) is 0.476. The van der Waals surface area contributed by atoms with Crippen LogP contribution in [0, 0.1) is 0 Å². The third-order valence-corrected chi connectivity index (χ3v) is 5.04. The van der Waals surface area contributed by atoms with Gasteiger partial charge < -0.3 is 14.2 Å². The lowest BCUT2D eigenvalue weighted by molar-refractivity contribution is -0.144. The van der Waals surface area contributed by atoms with Gasteiger partial charge >= 0.3 is 0 Å². The smallest absolute Gasteiger partial charge is 0.251 e. The van der Waals surface area contributed by atoms with Crippen molar-refractivity contribution in [1.82, 2.24) is 19.9 Å². The van der Waals surface area contributed by atoms with Gasteiger partial charge in [-0.1, -0.05) is 41.6 Å². The summed E-state index contributed by atoms with van der Waals surface area (Å²) >= 11 is 0. The molecule has 2 aromatic rings. The molecule has 2 heterocycles. The highest BCUT2D eigenvalue weighted by Gasteiger charge is 2.29. The summed E-state index contributed by atoms with van der Waals surface area (Å²) < 4.78 is 11.1. The molecule has 3 rings (SSSR count). The van der Waals surface area contributed by atoms with Crippen LogP contribution < -0.4 is 0 Å². The number of piperazine rings is 1. The fourth-order valence-electron chi connectivity index (χ4n) is 3.25. The highest BCUT2D eigenvalue weighted by atomic mass is 16.5. The van der Waals surface area contributed by atoms with Crippen molar-refractivity contribution in [1.29, 1.82) is 0 Å². The largest absolute Gasteiger partial charge is 0.368 e. The lowest BCUT2D eigenvalue weighted by Gasteiger charge is -2.37. The van der Waals surface area contributed by atoms with Gasteiger partial charge in [0, 0.05) is 31.7 Å². The maximum absolute atomic E-state index is 12.5. The van der Waals surface area contributed by atoms with E-state index in [2.05, 4.69) is 28.5 Å². The second-order valence-corrected chi connectivity index (χ2v) is 6.95. The second kappa shape index (κ2) is 9.61. The maximum Gasteiger partial charge on any atom is 0.251 e. The zero-order chi connectivity index (χ0) is 19.9. The van der Waals surface area contributed by atoms with Gasteiger partial charge in [0.1, 0.15) is 6.10 Å². The molecule has 1 aromatic heterocycles. The number of aromatic nitrogens is 2. The van der Waals surface area contributed by atoms with Crippen LogP contribution in [-0.2, 0) is 9.53 Å². The Morgan fingerprint density at radius 3 is 2.64 bits per heavy atom. The monoisotopic (exact) mass is 384 g/mol. The summed E-state index contributed by atoms with van der Waals surface area (Å²) in [6, 6.07) is 9.78. The van der Waals surface area contributed by atoms with Crippen molar-refractivity contribution in [3.05, 3.63) is 48.9 Å². The molecule has 2 unspecified atom stereocenters. The van der Waals surface area contributed by atoms with Crippen LogP contribution in [0.4, 0.5) is 0 Å². The molecule has 0 N–H and O–H groups in total. The van der Waals surface area contributed by atoms with Crippen LogP contribution in [0.25, 0.3) is 11.4 Å². The molecule has 2 atom stereocenters. The van der Waals surface area contributed by atoms with Crippen LogP contribution in [0.15, 0.2) is 47.5 Å². The zero-order valence-corrected chi connectivity index (χ0v) is 16.6. The first-order valence-corrected chi connectivity index (χ1v) is 9.74. The molecule has 7 heteroatoms. The molecule has 7 nitrogen and oxygen atoms in total. The van der Waals surface area contributed by atoms with E-state index >= 15 is 0 Å². The van der Waals surface area contributed by atoms with Crippen molar-refractivity contribution >= 4 is 5.91 Å². The molecule has 1 aliphatic rings. The number of nitrogens with zero attached hydrogens (tertiary/aromatic N) is 4. The summed E-state index contributed by atoms with van der Waals surface area (Å²) in [5.41, 5.74) is 0.936. The lowest BCUT2D eigenvalue weighted by Crippen LogP contribution is -2.51. The average Bonchev–Trinajstić information content (AvgIpc) is 3.24. The van der Waals surface area contributed by atoms with E-state index in [1.165, 1.54) is 0 Å². The summed E-state index contributed by atoms with van der Waals surface area (Å²) in [7, 11) is 0. The van der Waals surface area contributed by atoms with E-state index in [1.54, 1.807) is 6.08 Å². The van der Waals surface area contributed by atoms with Crippen LogP contribution in [0.1, 0.15) is 32.2 Å². The third kappa shape index (κ3) is 4.85. The molecule has 150 valence electrons. The van der Waals surface area contributed by atoms with Gasteiger partial charge in [0.25, 0.3) is 5.91 Å². The van der Waals surface area contributed by atoms with E-state index in [-0.39, 0.29) is 11.9 Å². The summed E-state index contributed by atoms with van der Waals surface area (Å²) in [5, 5.41) is 4.10. The lowest BCUT2D eigenvalue weighted by atomic mass is 10.2. The van der Waals surface area contributed by atoms with Crippen LogP contribution >= 0.6 is 0 Å². The van der Waals surface area contributed by atoms with Gasteiger partial charge in [-0.3, -0.25) is 9.69 Å². The van der Waals surface area contributed by atoms with Crippen molar-refractivity contribution in [3.8, 4) is 11.4 Å². The van der Waals surface area contributed by atoms with Gasteiger partial charge in [-0.25, -0.2) is 0 Å². The molecule has 1 fully saturated rings. The van der Waals surface area contributed by atoms with Gasteiger partial charge in [-0.05, 0) is 20.3 Å². The van der Waals surface area contributed by atoms with Crippen molar-refractivity contribution in [2.75, 3.05) is 32.8 Å². The minimum atomic E-state index is -0.423. The molecule has 0 radical (unpaired) electrons. The predicted octanol–water partition coefficient (Wildman–Crippen LogP) is 2.92. The van der Waals surface area contributed by atoms with Crippen molar-refractivity contribution in [2.45, 2.75) is 32.4 Å². The predicted molar refractivity (Wildman–Crippen MR) is 107 cm³/mol. The highest BCUT2D eigenvalue weighted by Crippen LogP contribution is 2.23. The van der Waals surface area contributed by atoms with Crippen LogP contribution in [0.2, 0.25) is 0 Å². The van der Waals surface area contributed by atoms with E-state index in [0.717, 1.165) is 25.1 Å². The Labute approximate surface area is 166 Å². The van der Waals surface area contributed by atoms with Crippen molar-refractivity contribution in [2.24, 2.45) is 0 Å². The standard InChI is InChI=1S/C21H28N4O3/c1-4-5-15-27-17(3)21(26)25-13-11-24(12-14-25)16(2)20-22-19(23-28-20)18-9-7-6-8-10-18/h4,6-10,16-17H,1,5,11-15H2,2-3H3. The Kier molecular flexibility index (Phi) is 6.95. The Morgan fingerprint density at radius 2 is 1.96 bits per heavy atom. The molecule has 28 heavy (non-hydrogen) atoms. The SMILES string of the molecule is C=CCCOC(C)C(=O)N1CCN(C(C)c2nc(-c3ccccc3)no2)CC1. The highest BCUT2D eigenvalue weighted by molar-refractivity contribution is 5.80. The van der Waals surface area contributed by atoms with Crippen LogP contribution in [-0.4, -0.2) is 64.7 Å². The third-order valence-electron chi connectivity index (χ3n) is 5.04. The first-order valence-electron chi connectivity index (χ1n) is 9.74. The minimum absolute atomic E-state index is 0.00322. The fourth-order valence-corrected chi connectivity index (χ4v) is 3.25. The van der Waals surface area contributed by atoms with E-state index < -0.39 is 6.10 Å². The minimum Gasteiger partial charge on any atom is -0.368 e. The van der Waals surface area contributed by atoms with E-state index in [1.807, 2.05) is 42.2 Å².